The van der Waals surface area contributed by atoms with Crippen molar-refractivity contribution in [3.8, 4) is 11.5 Å². The summed E-state index contributed by atoms with van der Waals surface area (Å²) < 4.78 is 10.9. The standard InChI is InChI=1S/C13H14N4O3/c14-16-13(17-15)9-6-8(9)12(18)7-1-2-10-11(5-7)20-4-3-19-10/h1-2,5,8-9,14H,3-4,6,15H2/t8-,9-/m0/s1. The van der Waals surface area contributed by atoms with Crippen molar-refractivity contribution in [2.75, 3.05) is 13.2 Å². The van der Waals surface area contributed by atoms with E-state index in [2.05, 4.69) is 10.2 Å². The summed E-state index contributed by atoms with van der Waals surface area (Å²) in [5.41, 5.74) is 7.53. The number of hydrazone groups is 1. The maximum atomic E-state index is 12.3. The number of benzene rings is 1. The van der Waals surface area contributed by atoms with Crippen LogP contribution < -0.4 is 15.3 Å². The van der Waals surface area contributed by atoms with Crippen molar-refractivity contribution in [3.63, 3.8) is 0 Å². The summed E-state index contributed by atoms with van der Waals surface area (Å²) in [7, 11) is 0. The van der Waals surface area contributed by atoms with E-state index >= 15 is 0 Å². The zero-order valence-electron chi connectivity index (χ0n) is 10.7. The predicted molar refractivity (Wildman–Crippen MR) is 70.1 cm³/mol. The molecular formula is C13H14N4O3. The lowest BCUT2D eigenvalue weighted by atomic mass is 10.0. The number of carbonyl (C=O) groups excluding carboxylic acids is 1. The molecule has 1 aliphatic carbocycles. The van der Waals surface area contributed by atoms with Gasteiger partial charge in [0.05, 0.1) is 0 Å². The van der Waals surface area contributed by atoms with E-state index in [0.717, 1.165) is 0 Å². The van der Waals surface area contributed by atoms with Crippen molar-refractivity contribution in [1.29, 1.82) is 5.53 Å². The highest BCUT2D eigenvalue weighted by atomic mass is 16.6. The summed E-state index contributed by atoms with van der Waals surface area (Å²) >= 11 is 0. The summed E-state index contributed by atoms with van der Waals surface area (Å²) in [6, 6.07) is 5.16. The Kier molecular flexibility index (Phi) is 3.09. The highest BCUT2D eigenvalue weighted by Crippen LogP contribution is 2.43. The number of nitrogens with two attached hydrogens (primary N) is 1. The predicted octanol–water partition coefficient (Wildman–Crippen LogP) is 1.58. The fourth-order valence-electron chi connectivity index (χ4n) is 2.39. The molecule has 7 nitrogen and oxygen atoms in total. The third-order valence-electron chi connectivity index (χ3n) is 3.53. The van der Waals surface area contributed by atoms with Gasteiger partial charge >= 0.3 is 0 Å². The fraction of sp³-hybridized carbons (Fsp3) is 0.385. The molecule has 0 amide bonds. The molecule has 1 saturated carbocycles. The maximum Gasteiger partial charge on any atom is 0.173 e. The first-order valence-electron chi connectivity index (χ1n) is 6.33. The van der Waals surface area contributed by atoms with Gasteiger partial charge in [0.1, 0.15) is 13.2 Å². The average molecular weight is 274 g/mol. The molecule has 2 atom stereocenters. The molecule has 7 heteroatoms. The third-order valence-corrected chi connectivity index (χ3v) is 3.53. The molecule has 1 fully saturated rings. The Morgan fingerprint density at radius 3 is 2.70 bits per heavy atom. The van der Waals surface area contributed by atoms with Crippen LogP contribution in [0.15, 0.2) is 28.4 Å². The third kappa shape index (κ3) is 2.11. The second-order valence-electron chi connectivity index (χ2n) is 4.77. The van der Waals surface area contributed by atoms with E-state index in [1.165, 1.54) is 0 Å². The molecule has 104 valence electrons. The molecule has 3 rings (SSSR count). The van der Waals surface area contributed by atoms with Crippen LogP contribution in [0.2, 0.25) is 0 Å². The molecule has 0 spiro atoms. The first-order valence-corrected chi connectivity index (χ1v) is 6.33. The number of ether oxygens (including phenoxy) is 2. The summed E-state index contributed by atoms with van der Waals surface area (Å²) in [5, 5.41) is 6.67. The van der Waals surface area contributed by atoms with Crippen molar-refractivity contribution in [1.82, 2.24) is 0 Å². The Hall–Kier alpha value is -2.44. The van der Waals surface area contributed by atoms with Gasteiger partial charge < -0.3 is 15.3 Å². The molecule has 0 radical (unpaired) electrons. The van der Waals surface area contributed by atoms with Gasteiger partial charge in [0.15, 0.2) is 23.1 Å². The number of carbonyl (C=O) groups is 1. The molecule has 0 bridgehead atoms. The first-order chi connectivity index (χ1) is 9.74. The van der Waals surface area contributed by atoms with Gasteiger partial charge in [-0.25, -0.2) is 5.53 Å². The number of ketones is 1. The molecule has 0 unspecified atom stereocenters. The topological polar surface area (TPSA) is 110 Å². The van der Waals surface area contributed by atoms with E-state index in [9.17, 15) is 4.79 Å². The Morgan fingerprint density at radius 1 is 1.25 bits per heavy atom. The lowest BCUT2D eigenvalue weighted by Gasteiger charge is -2.18. The molecule has 0 saturated heterocycles. The molecule has 1 aromatic rings. The number of rotatable bonds is 3. The average Bonchev–Trinajstić information content (AvgIpc) is 3.28. The molecule has 20 heavy (non-hydrogen) atoms. The Balaban J connectivity index is 1.77. The number of amidine groups is 1. The zero-order chi connectivity index (χ0) is 14.1. The van der Waals surface area contributed by atoms with Gasteiger partial charge in [-0.3, -0.25) is 4.79 Å². The Morgan fingerprint density at radius 2 is 2.00 bits per heavy atom. The largest absolute Gasteiger partial charge is 0.486 e. The number of Topliss-reactive ketones (excluding diaryl/α,β-unsaturated/α-hetero) is 1. The second kappa shape index (κ2) is 4.92. The molecule has 0 aromatic heterocycles. The summed E-state index contributed by atoms with van der Waals surface area (Å²) in [6.07, 6.45) is 0.631. The quantitative estimate of drug-likeness (QED) is 0.218. The van der Waals surface area contributed by atoms with Crippen LogP contribution in [0.3, 0.4) is 0 Å². The molecule has 3 N–H and O–H groups in total. The Bertz CT molecular complexity index is 599. The summed E-state index contributed by atoms with van der Waals surface area (Å²) in [6.45, 7) is 1.00. The van der Waals surface area contributed by atoms with Crippen LogP contribution in [0.1, 0.15) is 16.8 Å². The monoisotopic (exact) mass is 274 g/mol. The van der Waals surface area contributed by atoms with E-state index in [4.69, 9.17) is 20.8 Å². The number of hydrogen-bond donors (Lipinski definition) is 2. The Labute approximate surface area is 115 Å². The van der Waals surface area contributed by atoms with E-state index in [1.54, 1.807) is 18.2 Å². The van der Waals surface area contributed by atoms with Gasteiger partial charge in [0, 0.05) is 17.4 Å². The fourth-order valence-corrected chi connectivity index (χ4v) is 2.39. The molecule has 1 aromatic carbocycles. The zero-order valence-corrected chi connectivity index (χ0v) is 10.7. The van der Waals surface area contributed by atoms with Crippen LogP contribution in [0.25, 0.3) is 0 Å². The molecule has 1 heterocycles. The van der Waals surface area contributed by atoms with Crippen LogP contribution in [-0.2, 0) is 0 Å². The van der Waals surface area contributed by atoms with Crippen LogP contribution in [0.4, 0.5) is 0 Å². The van der Waals surface area contributed by atoms with Gasteiger partial charge in [-0.05, 0) is 24.6 Å². The maximum absolute atomic E-state index is 12.3. The lowest BCUT2D eigenvalue weighted by Crippen LogP contribution is -2.16. The van der Waals surface area contributed by atoms with E-state index < -0.39 is 0 Å². The summed E-state index contributed by atoms with van der Waals surface area (Å²) in [5.74, 6) is 6.27. The molecular weight excluding hydrogens is 260 g/mol. The highest BCUT2D eigenvalue weighted by molar-refractivity contribution is 6.04. The normalized spacial score (nSPS) is 24.1. The summed E-state index contributed by atoms with van der Waals surface area (Å²) in [4.78, 5) is 12.3. The van der Waals surface area contributed by atoms with Gasteiger partial charge in [-0.2, -0.15) is 5.10 Å². The minimum absolute atomic E-state index is 0.00299. The van der Waals surface area contributed by atoms with Crippen molar-refractivity contribution in [2.45, 2.75) is 6.42 Å². The van der Waals surface area contributed by atoms with Crippen molar-refractivity contribution in [2.24, 2.45) is 27.9 Å². The SMILES string of the molecule is N=NC(=NN)[C@H]1C[C@@H]1C(=O)c1ccc2c(c1)OCCO2. The number of hydrogen-bond acceptors (Lipinski definition) is 6. The lowest BCUT2D eigenvalue weighted by molar-refractivity contribution is 0.0963. The van der Waals surface area contributed by atoms with Gasteiger partial charge in [0.2, 0.25) is 0 Å². The minimum atomic E-state index is -0.200. The van der Waals surface area contributed by atoms with Crippen LogP contribution in [-0.4, -0.2) is 24.8 Å². The minimum Gasteiger partial charge on any atom is -0.486 e. The van der Waals surface area contributed by atoms with Crippen LogP contribution in [0.5, 0.6) is 11.5 Å². The van der Waals surface area contributed by atoms with E-state index in [1.807, 2.05) is 0 Å². The van der Waals surface area contributed by atoms with Crippen LogP contribution >= 0.6 is 0 Å². The first kappa shape index (κ1) is 12.6. The molecule has 2 aliphatic rings. The smallest absolute Gasteiger partial charge is 0.173 e. The van der Waals surface area contributed by atoms with E-state index in [-0.39, 0.29) is 23.5 Å². The van der Waals surface area contributed by atoms with Crippen molar-refractivity contribution in [3.05, 3.63) is 23.8 Å². The number of nitrogens with one attached hydrogen (secondary N) is 1. The van der Waals surface area contributed by atoms with E-state index in [0.29, 0.717) is 36.7 Å². The van der Waals surface area contributed by atoms with Gasteiger partial charge in [0.25, 0.3) is 0 Å². The van der Waals surface area contributed by atoms with Crippen LogP contribution in [0, 0.1) is 17.4 Å². The number of nitrogens with zero attached hydrogens (tertiary/aromatic N) is 2. The molecule has 1 aliphatic heterocycles. The van der Waals surface area contributed by atoms with Gasteiger partial charge in [-0.15, -0.1) is 5.11 Å². The highest BCUT2D eigenvalue weighted by Gasteiger charge is 2.47. The van der Waals surface area contributed by atoms with Crippen molar-refractivity contribution < 1.29 is 14.3 Å². The second-order valence-corrected chi connectivity index (χ2v) is 4.77. The number of fused-ring (bicyclic) bond motifs is 1. The van der Waals surface area contributed by atoms with Crippen molar-refractivity contribution >= 4 is 11.6 Å². The van der Waals surface area contributed by atoms with Gasteiger partial charge in [-0.1, -0.05) is 0 Å².